The summed E-state index contributed by atoms with van der Waals surface area (Å²) in [6, 6.07) is 0. The van der Waals surface area contributed by atoms with Crippen LogP contribution in [0.1, 0.15) is 152 Å². The Labute approximate surface area is 256 Å². The fraction of sp³-hybridized carbons (Fsp3) is 0.600. The Morgan fingerprint density at radius 1 is 0.317 bits per heavy atom. The summed E-state index contributed by atoms with van der Waals surface area (Å²) in [4.78, 5) is 0. The first-order valence-electron chi connectivity index (χ1n) is 16.4. The van der Waals surface area contributed by atoms with Gasteiger partial charge in [0.15, 0.2) is 0 Å². The second-order valence-corrected chi connectivity index (χ2v) is 12.6. The highest BCUT2D eigenvalue weighted by atomic mass is 16.2. The molecule has 232 valence electrons. The van der Waals surface area contributed by atoms with Crippen molar-refractivity contribution in [2.45, 2.75) is 152 Å². The standard InChI is InChI=1S/C40H66O/c1-33(2)17-10-18-34(3)19-11-20-35(4)21-12-22-36(5)23-13-24-37(6)25-14-26-38(7)27-15-28-39(8)29-16-30-40(9)31-32-41/h17,19,21,23,25,27,29,31,41H,10-16,18,20,22,24,26,28,30,32H2,1-9H3/b34-19+,35-21?,36-23?,37-25?,38-27?,39-29?,40-31?. The van der Waals surface area contributed by atoms with Crippen molar-refractivity contribution in [2.75, 3.05) is 6.61 Å². The zero-order valence-electron chi connectivity index (χ0n) is 28.7. The van der Waals surface area contributed by atoms with E-state index in [1.54, 1.807) is 0 Å². The van der Waals surface area contributed by atoms with Crippen molar-refractivity contribution in [1.29, 1.82) is 0 Å². The van der Waals surface area contributed by atoms with Gasteiger partial charge in [-0.25, -0.2) is 0 Å². The number of aliphatic hydroxyl groups is 1. The molecule has 0 aliphatic heterocycles. The summed E-state index contributed by atoms with van der Waals surface area (Å²) in [6.45, 7) is 20.3. The molecule has 1 N–H and O–H groups in total. The third-order valence-electron chi connectivity index (χ3n) is 7.72. The van der Waals surface area contributed by atoms with Crippen LogP contribution in [0.4, 0.5) is 0 Å². The van der Waals surface area contributed by atoms with E-state index in [-0.39, 0.29) is 6.61 Å². The molecule has 0 spiro atoms. The summed E-state index contributed by atoms with van der Waals surface area (Å²) in [5, 5.41) is 8.95. The summed E-state index contributed by atoms with van der Waals surface area (Å²) in [6.07, 6.45) is 34.9. The van der Waals surface area contributed by atoms with Crippen molar-refractivity contribution in [3.8, 4) is 0 Å². The largest absolute Gasteiger partial charge is 0.392 e. The van der Waals surface area contributed by atoms with Gasteiger partial charge in [0.2, 0.25) is 0 Å². The molecule has 0 aromatic heterocycles. The van der Waals surface area contributed by atoms with Crippen LogP contribution in [-0.2, 0) is 0 Å². The Hall–Kier alpha value is -2.12. The minimum absolute atomic E-state index is 0.151. The average molecular weight is 563 g/mol. The fourth-order valence-corrected chi connectivity index (χ4v) is 4.74. The van der Waals surface area contributed by atoms with E-state index >= 15 is 0 Å². The summed E-state index contributed by atoms with van der Waals surface area (Å²) in [5.74, 6) is 0. The van der Waals surface area contributed by atoms with Gasteiger partial charge in [-0.1, -0.05) is 93.2 Å². The lowest BCUT2D eigenvalue weighted by Gasteiger charge is -2.04. The molecular formula is C40H66O. The second-order valence-electron chi connectivity index (χ2n) is 12.6. The van der Waals surface area contributed by atoms with Crippen LogP contribution in [0.15, 0.2) is 93.2 Å². The minimum Gasteiger partial charge on any atom is -0.392 e. The number of rotatable bonds is 22. The predicted molar refractivity (Wildman–Crippen MR) is 187 cm³/mol. The highest BCUT2D eigenvalue weighted by molar-refractivity contribution is 5.10. The molecule has 0 aromatic carbocycles. The van der Waals surface area contributed by atoms with Crippen molar-refractivity contribution in [1.82, 2.24) is 0 Å². The van der Waals surface area contributed by atoms with Crippen molar-refractivity contribution >= 4 is 0 Å². The van der Waals surface area contributed by atoms with E-state index in [9.17, 15) is 0 Å². The molecule has 0 aromatic rings. The Kier molecular flexibility index (Phi) is 24.3. The van der Waals surface area contributed by atoms with Gasteiger partial charge in [-0.3, -0.25) is 0 Å². The SMILES string of the molecule is CC(C)=CCC/C(C)=C/CCC(C)=CCCC(C)=CCCC(C)=CCCC(C)=CCCC(C)=CCCC(C)=CCO. The zero-order valence-corrected chi connectivity index (χ0v) is 28.7. The normalized spacial score (nSPS) is 14.6. The molecule has 0 fully saturated rings. The molecule has 0 bridgehead atoms. The fourth-order valence-electron chi connectivity index (χ4n) is 4.74. The van der Waals surface area contributed by atoms with Gasteiger partial charge in [0.1, 0.15) is 0 Å². The van der Waals surface area contributed by atoms with Gasteiger partial charge in [-0.15, -0.1) is 0 Å². The molecule has 1 nitrogen and oxygen atoms in total. The van der Waals surface area contributed by atoms with Gasteiger partial charge >= 0.3 is 0 Å². The van der Waals surface area contributed by atoms with Crippen molar-refractivity contribution in [3.05, 3.63) is 93.2 Å². The molecule has 0 radical (unpaired) electrons. The quantitative estimate of drug-likeness (QED) is 0.130. The predicted octanol–water partition coefficient (Wildman–Crippen LogP) is 13.0. The first kappa shape index (κ1) is 38.9. The van der Waals surface area contributed by atoms with Crippen LogP contribution >= 0.6 is 0 Å². The highest BCUT2D eigenvalue weighted by Gasteiger charge is 1.96. The smallest absolute Gasteiger partial charge is 0.0614 e. The molecule has 0 amide bonds. The second kappa shape index (κ2) is 25.6. The molecule has 0 saturated carbocycles. The monoisotopic (exact) mass is 563 g/mol. The molecule has 1 heteroatoms. The zero-order chi connectivity index (χ0) is 30.9. The van der Waals surface area contributed by atoms with Gasteiger partial charge in [0, 0.05) is 0 Å². The van der Waals surface area contributed by atoms with Crippen molar-refractivity contribution in [3.63, 3.8) is 0 Å². The van der Waals surface area contributed by atoms with Gasteiger partial charge in [-0.05, 0) is 152 Å². The molecule has 0 heterocycles. The van der Waals surface area contributed by atoms with Crippen LogP contribution in [0.5, 0.6) is 0 Å². The van der Waals surface area contributed by atoms with Gasteiger partial charge in [0.25, 0.3) is 0 Å². The van der Waals surface area contributed by atoms with E-state index in [1.807, 2.05) is 6.08 Å². The lowest BCUT2D eigenvalue weighted by molar-refractivity contribution is 0.341. The molecule has 0 saturated heterocycles. The lowest BCUT2D eigenvalue weighted by Crippen LogP contribution is -1.84. The molecule has 0 atom stereocenters. The van der Waals surface area contributed by atoms with Crippen LogP contribution in [0, 0.1) is 0 Å². The molecule has 0 aliphatic rings. The average Bonchev–Trinajstić information content (AvgIpc) is 2.88. The van der Waals surface area contributed by atoms with Gasteiger partial charge < -0.3 is 5.11 Å². The topological polar surface area (TPSA) is 20.2 Å². The summed E-state index contributed by atoms with van der Waals surface area (Å²) >= 11 is 0. The van der Waals surface area contributed by atoms with Gasteiger partial charge in [-0.2, -0.15) is 0 Å². The van der Waals surface area contributed by atoms with E-state index in [4.69, 9.17) is 5.11 Å². The number of aliphatic hydroxyl groups excluding tert-OH is 1. The third-order valence-corrected chi connectivity index (χ3v) is 7.72. The van der Waals surface area contributed by atoms with E-state index in [1.165, 1.54) is 83.1 Å². The van der Waals surface area contributed by atoms with Crippen LogP contribution in [-0.4, -0.2) is 11.7 Å². The van der Waals surface area contributed by atoms with E-state index < -0.39 is 0 Å². The summed E-state index contributed by atoms with van der Waals surface area (Å²) in [7, 11) is 0. The number of hydrogen-bond donors (Lipinski definition) is 1. The van der Waals surface area contributed by atoms with Gasteiger partial charge in [0.05, 0.1) is 6.61 Å². The van der Waals surface area contributed by atoms with E-state index in [2.05, 4.69) is 105 Å². The number of hydrogen-bond acceptors (Lipinski definition) is 1. The highest BCUT2D eigenvalue weighted by Crippen LogP contribution is 2.17. The maximum atomic E-state index is 8.95. The Morgan fingerprint density at radius 3 is 0.707 bits per heavy atom. The molecule has 0 unspecified atom stereocenters. The Morgan fingerprint density at radius 2 is 0.512 bits per heavy atom. The van der Waals surface area contributed by atoms with Crippen molar-refractivity contribution in [2.24, 2.45) is 0 Å². The molecular weight excluding hydrogens is 496 g/mol. The van der Waals surface area contributed by atoms with Crippen LogP contribution in [0.25, 0.3) is 0 Å². The first-order valence-corrected chi connectivity index (χ1v) is 16.4. The molecule has 0 aliphatic carbocycles. The van der Waals surface area contributed by atoms with E-state index in [0.717, 1.165) is 51.4 Å². The van der Waals surface area contributed by atoms with Crippen molar-refractivity contribution < 1.29 is 5.11 Å². The van der Waals surface area contributed by atoms with Crippen LogP contribution < -0.4 is 0 Å². The first-order chi connectivity index (χ1) is 19.5. The minimum atomic E-state index is 0.151. The molecule has 0 rings (SSSR count). The maximum absolute atomic E-state index is 8.95. The molecule has 41 heavy (non-hydrogen) atoms. The van der Waals surface area contributed by atoms with Crippen LogP contribution in [0.2, 0.25) is 0 Å². The summed E-state index contributed by atoms with van der Waals surface area (Å²) < 4.78 is 0. The number of allylic oxidation sites excluding steroid dienone is 15. The Balaban J connectivity index is 4.18. The lowest BCUT2D eigenvalue weighted by atomic mass is 10.0. The maximum Gasteiger partial charge on any atom is 0.0614 e. The third kappa shape index (κ3) is 26.5. The van der Waals surface area contributed by atoms with E-state index in [0.29, 0.717) is 0 Å². The Bertz CT molecular complexity index is 951. The van der Waals surface area contributed by atoms with Crippen LogP contribution in [0.3, 0.4) is 0 Å². The summed E-state index contributed by atoms with van der Waals surface area (Å²) in [5.41, 5.74) is 11.8.